The van der Waals surface area contributed by atoms with Crippen LogP contribution in [-0.4, -0.2) is 27.9 Å². The average molecular weight is 268 g/mol. The highest BCUT2D eigenvalue weighted by Crippen LogP contribution is 2.24. The lowest BCUT2D eigenvalue weighted by molar-refractivity contribution is 0.0958. The highest BCUT2D eigenvalue weighted by Gasteiger charge is 2.07. The molecule has 6 nitrogen and oxygen atoms in total. The zero-order valence-corrected chi connectivity index (χ0v) is 10.8. The Balaban J connectivity index is 1.88. The number of ether oxygens (including phenoxy) is 1. The van der Waals surface area contributed by atoms with E-state index in [1.54, 1.807) is 25.5 Å². The molecule has 2 N–H and O–H groups in total. The molecule has 3 rings (SSSR count). The van der Waals surface area contributed by atoms with E-state index in [2.05, 4.69) is 20.3 Å². The summed E-state index contributed by atoms with van der Waals surface area (Å²) >= 11 is 0. The Hall–Kier alpha value is -2.89. The zero-order chi connectivity index (χ0) is 13.9. The summed E-state index contributed by atoms with van der Waals surface area (Å²) in [7, 11) is 1.56. The van der Waals surface area contributed by atoms with Crippen LogP contribution in [0.2, 0.25) is 0 Å². The molecule has 2 aromatic heterocycles. The molecule has 2 heterocycles. The Morgan fingerprint density at radius 2 is 2.05 bits per heavy atom. The van der Waals surface area contributed by atoms with Crippen molar-refractivity contribution in [2.45, 2.75) is 0 Å². The van der Waals surface area contributed by atoms with Crippen molar-refractivity contribution in [2.75, 3.05) is 7.05 Å². The number of carbonyl (C=O) groups excluding carboxylic acids is 1. The number of H-pyrrole nitrogens is 1. The van der Waals surface area contributed by atoms with Crippen molar-refractivity contribution < 1.29 is 9.53 Å². The van der Waals surface area contributed by atoms with Crippen LogP contribution in [0, 0.1) is 0 Å². The lowest BCUT2D eigenvalue weighted by Crippen LogP contribution is -2.18. The number of nitrogens with one attached hydrogen (secondary N) is 2. The number of hydrogen-bond donors (Lipinski definition) is 2. The van der Waals surface area contributed by atoms with E-state index >= 15 is 0 Å². The molecule has 0 atom stereocenters. The zero-order valence-electron chi connectivity index (χ0n) is 10.8. The van der Waals surface area contributed by atoms with E-state index in [0.29, 0.717) is 17.2 Å². The van der Waals surface area contributed by atoms with Crippen LogP contribution >= 0.6 is 0 Å². The highest BCUT2D eigenvalue weighted by atomic mass is 16.5. The van der Waals surface area contributed by atoms with Gasteiger partial charge in [0.15, 0.2) is 0 Å². The number of rotatable bonds is 3. The van der Waals surface area contributed by atoms with Crippen LogP contribution in [0.25, 0.3) is 11.0 Å². The third-order valence-corrected chi connectivity index (χ3v) is 2.82. The fourth-order valence-electron chi connectivity index (χ4n) is 1.84. The van der Waals surface area contributed by atoms with Gasteiger partial charge in [-0.1, -0.05) is 0 Å². The molecule has 0 unspecified atom stereocenters. The van der Waals surface area contributed by atoms with Gasteiger partial charge in [-0.2, -0.15) is 0 Å². The molecule has 1 aromatic carbocycles. The first-order valence-corrected chi connectivity index (χ1v) is 6.05. The highest BCUT2D eigenvalue weighted by molar-refractivity contribution is 5.92. The molecule has 0 radical (unpaired) electrons. The molecular formula is C14H12N4O2. The Labute approximate surface area is 114 Å². The lowest BCUT2D eigenvalue weighted by Gasteiger charge is -2.06. The van der Waals surface area contributed by atoms with Gasteiger partial charge in [0.25, 0.3) is 5.91 Å². The minimum atomic E-state index is -0.250. The van der Waals surface area contributed by atoms with Gasteiger partial charge in [-0.05, 0) is 18.2 Å². The Morgan fingerprint density at radius 1 is 1.20 bits per heavy atom. The minimum Gasteiger partial charge on any atom is -0.457 e. The van der Waals surface area contributed by atoms with Gasteiger partial charge in [0.05, 0.1) is 17.4 Å². The number of aromatic amines is 1. The molecule has 6 heteroatoms. The largest absolute Gasteiger partial charge is 0.457 e. The van der Waals surface area contributed by atoms with E-state index in [0.717, 1.165) is 11.0 Å². The van der Waals surface area contributed by atoms with Crippen molar-refractivity contribution >= 4 is 16.9 Å². The summed E-state index contributed by atoms with van der Waals surface area (Å²) in [6.07, 6.45) is 3.17. The van der Waals surface area contributed by atoms with Crippen molar-refractivity contribution in [1.29, 1.82) is 0 Å². The number of benzene rings is 1. The summed E-state index contributed by atoms with van der Waals surface area (Å²) in [5.41, 5.74) is 2.08. The smallest absolute Gasteiger partial charge is 0.269 e. The lowest BCUT2D eigenvalue weighted by atomic mass is 10.3. The van der Waals surface area contributed by atoms with Crippen LogP contribution < -0.4 is 10.1 Å². The molecule has 0 aliphatic rings. The van der Waals surface area contributed by atoms with Crippen molar-refractivity contribution in [3.8, 4) is 11.5 Å². The maximum absolute atomic E-state index is 11.5. The van der Waals surface area contributed by atoms with E-state index in [9.17, 15) is 4.79 Å². The summed E-state index contributed by atoms with van der Waals surface area (Å²) in [6.45, 7) is 0. The van der Waals surface area contributed by atoms with Crippen molar-refractivity contribution in [3.05, 3.63) is 48.5 Å². The standard InChI is InChI=1S/C14H12N4O2/c1-15-14(19)13-7-10(4-5-16-13)20-9-2-3-11-12(6-9)18-8-17-11/h2-8H,1H3,(H,15,19)(H,17,18). The number of amides is 1. The average Bonchev–Trinajstić information content (AvgIpc) is 2.94. The number of fused-ring (bicyclic) bond motifs is 1. The first-order valence-electron chi connectivity index (χ1n) is 6.05. The molecule has 0 fully saturated rings. The summed E-state index contributed by atoms with van der Waals surface area (Å²) in [6, 6.07) is 8.83. The Kier molecular flexibility index (Phi) is 3.04. The molecular weight excluding hydrogens is 256 g/mol. The van der Waals surface area contributed by atoms with Crippen molar-refractivity contribution in [3.63, 3.8) is 0 Å². The number of hydrogen-bond acceptors (Lipinski definition) is 4. The molecule has 0 saturated heterocycles. The number of aromatic nitrogens is 3. The first-order chi connectivity index (χ1) is 9.76. The van der Waals surface area contributed by atoms with Gasteiger partial charge in [-0.15, -0.1) is 0 Å². The van der Waals surface area contributed by atoms with Crippen LogP contribution in [0.4, 0.5) is 0 Å². The Bertz CT molecular complexity index is 766. The molecule has 0 aliphatic carbocycles. The topological polar surface area (TPSA) is 79.9 Å². The van der Waals surface area contributed by atoms with E-state index < -0.39 is 0 Å². The third-order valence-electron chi connectivity index (χ3n) is 2.82. The predicted molar refractivity (Wildman–Crippen MR) is 73.8 cm³/mol. The van der Waals surface area contributed by atoms with E-state index in [1.807, 2.05) is 18.2 Å². The second kappa shape index (κ2) is 5.00. The second-order valence-electron chi connectivity index (χ2n) is 4.14. The minimum absolute atomic E-state index is 0.250. The molecule has 20 heavy (non-hydrogen) atoms. The first kappa shape index (κ1) is 12.2. The summed E-state index contributed by atoms with van der Waals surface area (Å²) in [4.78, 5) is 22.7. The second-order valence-corrected chi connectivity index (χ2v) is 4.14. The molecule has 0 aliphatic heterocycles. The van der Waals surface area contributed by atoms with Gasteiger partial charge in [0.2, 0.25) is 0 Å². The fourth-order valence-corrected chi connectivity index (χ4v) is 1.84. The summed E-state index contributed by atoms with van der Waals surface area (Å²) in [5, 5.41) is 2.52. The van der Waals surface area contributed by atoms with Gasteiger partial charge < -0.3 is 15.0 Å². The van der Waals surface area contributed by atoms with Gasteiger partial charge in [0, 0.05) is 25.4 Å². The fraction of sp³-hybridized carbons (Fsp3) is 0.0714. The number of imidazole rings is 1. The van der Waals surface area contributed by atoms with E-state index in [-0.39, 0.29) is 5.91 Å². The maximum atomic E-state index is 11.5. The van der Waals surface area contributed by atoms with E-state index in [1.165, 1.54) is 6.20 Å². The van der Waals surface area contributed by atoms with Crippen LogP contribution in [-0.2, 0) is 0 Å². The van der Waals surface area contributed by atoms with Gasteiger partial charge in [-0.3, -0.25) is 9.78 Å². The predicted octanol–water partition coefficient (Wildman–Crippen LogP) is 2.11. The number of nitrogens with zero attached hydrogens (tertiary/aromatic N) is 2. The molecule has 3 aromatic rings. The van der Waals surface area contributed by atoms with Gasteiger partial charge in [-0.25, -0.2) is 4.98 Å². The quantitative estimate of drug-likeness (QED) is 0.762. The van der Waals surface area contributed by atoms with Crippen molar-refractivity contribution in [2.24, 2.45) is 0 Å². The molecule has 0 saturated carbocycles. The monoisotopic (exact) mass is 268 g/mol. The molecule has 100 valence electrons. The van der Waals surface area contributed by atoms with E-state index in [4.69, 9.17) is 4.74 Å². The normalized spacial score (nSPS) is 10.4. The molecule has 1 amide bonds. The van der Waals surface area contributed by atoms with Gasteiger partial charge >= 0.3 is 0 Å². The van der Waals surface area contributed by atoms with Crippen LogP contribution in [0.5, 0.6) is 11.5 Å². The van der Waals surface area contributed by atoms with Crippen LogP contribution in [0.15, 0.2) is 42.9 Å². The number of carbonyl (C=O) groups is 1. The maximum Gasteiger partial charge on any atom is 0.269 e. The molecule has 0 spiro atoms. The number of pyridine rings is 1. The summed E-state index contributed by atoms with van der Waals surface area (Å²) in [5.74, 6) is 0.966. The third kappa shape index (κ3) is 2.31. The van der Waals surface area contributed by atoms with Crippen LogP contribution in [0.1, 0.15) is 10.5 Å². The van der Waals surface area contributed by atoms with Gasteiger partial charge in [0.1, 0.15) is 17.2 Å². The van der Waals surface area contributed by atoms with Crippen molar-refractivity contribution in [1.82, 2.24) is 20.3 Å². The van der Waals surface area contributed by atoms with Crippen LogP contribution in [0.3, 0.4) is 0 Å². The summed E-state index contributed by atoms with van der Waals surface area (Å²) < 4.78 is 5.72. The molecule has 0 bridgehead atoms. The Morgan fingerprint density at radius 3 is 2.90 bits per heavy atom. The SMILES string of the molecule is CNC(=O)c1cc(Oc2ccc3nc[nH]c3c2)ccn1.